The number of ether oxygens (including phenoxy) is 1. The highest BCUT2D eigenvalue weighted by molar-refractivity contribution is 5.94. The Morgan fingerprint density at radius 1 is 1.23 bits per heavy atom. The predicted molar refractivity (Wildman–Crippen MR) is 79.1 cm³/mol. The van der Waals surface area contributed by atoms with Crippen LogP contribution in [0.5, 0.6) is 0 Å². The Balaban J connectivity index is 2.35. The fourth-order valence-electron chi connectivity index (χ4n) is 1.76. The van der Waals surface area contributed by atoms with E-state index in [2.05, 4.69) is 10.6 Å². The van der Waals surface area contributed by atoms with Crippen molar-refractivity contribution in [3.8, 4) is 0 Å². The number of amides is 2. The van der Waals surface area contributed by atoms with Gasteiger partial charge in [0.25, 0.3) is 11.8 Å². The van der Waals surface area contributed by atoms with Crippen LogP contribution in [0.1, 0.15) is 44.2 Å². The first kappa shape index (κ1) is 17.7. The van der Waals surface area contributed by atoms with Crippen LogP contribution in [0.4, 0.5) is 0 Å². The lowest BCUT2D eigenvalue weighted by Gasteiger charge is -2.16. The van der Waals surface area contributed by atoms with Crippen molar-refractivity contribution in [2.45, 2.75) is 45.7 Å². The van der Waals surface area contributed by atoms with Crippen molar-refractivity contribution < 1.29 is 23.5 Å². The number of nitrogens with one attached hydrogen (secondary N) is 2. The minimum atomic E-state index is -0.876. The van der Waals surface area contributed by atoms with E-state index in [1.165, 1.54) is 19.3 Å². The van der Waals surface area contributed by atoms with Gasteiger partial charge in [0.15, 0.2) is 12.4 Å². The molecule has 0 aliphatic heterocycles. The Morgan fingerprint density at radius 3 is 2.45 bits per heavy atom. The average molecular weight is 310 g/mol. The van der Waals surface area contributed by atoms with Crippen molar-refractivity contribution in [2.24, 2.45) is 0 Å². The van der Waals surface area contributed by atoms with Crippen LogP contribution in [0.2, 0.25) is 0 Å². The molecule has 0 bridgehead atoms. The highest BCUT2D eigenvalue weighted by Gasteiger charge is 2.20. The maximum Gasteiger partial charge on any atom is 0.328 e. The van der Waals surface area contributed by atoms with Gasteiger partial charge in [0.2, 0.25) is 0 Å². The van der Waals surface area contributed by atoms with E-state index >= 15 is 0 Å². The first-order valence-corrected chi connectivity index (χ1v) is 7.28. The largest absolute Gasteiger partial charge is 0.459 e. The van der Waals surface area contributed by atoms with Crippen molar-refractivity contribution >= 4 is 17.8 Å². The van der Waals surface area contributed by atoms with Crippen molar-refractivity contribution in [2.75, 3.05) is 6.61 Å². The molecule has 1 atom stereocenters. The van der Waals surface area contributed by atoms with E-state index in [4.69, 9.17) is 9.15 Å². The second-order valence-electron chi connectivity index (χ2n) is 4.86. The second-order valence-corrected chi connectivity index (χ2v) is 4.86. The van der Waals surface area contributed by atoms with E-state index in [0.717, 1.165) is 12.8 Å². The van der Waals surface area contributed by atoms with Gasteiger partial charge >= 0.3 is 5.97 Å². The van der Waals surface area contributed by atoms with E-state index < -0.39 is 17.9 Å². The molecule has 0 unspecified atom stereocenters. The summed E-state index contributed by atoms with van der Waals surface area (Å²) < 4.78 is 9.79. The van der Waals surface area contributed by atoms with Crippen LogP contribution >= 0.6 is 0 Å². The Labute approximate surface area is 129 Å². The quantitative estimate of drug-likeness (QED) is 0.704. The molecule has 0 saturated carbocycles. The summed E-state index contributed by atoms with van der Waals surface area (Å²) in [6, 6.07) is 2.25. The molecule has 2 amide bonds. The molecule has 22 heavy (non-hydrogen) atoms. The third-order valence-corrected chi connectivity index (χ3v) is 3.14. The summed E-state index contributed by atoms with van der Waals surface area (Å²) in [5.41, 5.74) is 0. The molecule has 0 spiro atoms. The molecule has 1 heterocycles. The summed E-state index contributed by atoms with van der Waals surface area (Å²) in [5.74, 6) is -1.45. The Morgan fingerprint density at radius 2 is 1.91 bits per heavy atom. The number of rotatable bonds is 8. The lowest BCUT2D eigenvalue weighted by molar-refractivity contribution is -0.150. The molecule has 0 aromatic carbocycles. The van der Waals surface area contributed by atoms with Crippen LogP contribution in [0, 0.1) is 0 Å². The highest BCUT2D eigenvalue weighted by Crippen LogP contribution is 2.01. The molecule has 7 heteroatoms. The average Bonchev–Trinajstić information content (AvgIpc) is 3.04. The fourth-order valence-corrected chi connectivity index (χ4v) is 1.76. The van der Waals surface area contributed by atoms with Crippen LogP contribution in [0.3, 0.4) is 0 Å². The van der Waals surface area contributed by atoms with Gasteiger partial charge in [-0.2, -0.15) is 0 Å². The van der Waals surface area contributed by atoms with Crippen molar-refractivity contribution in [3.05, 3.63) is 24.2 Å². The molecule has 0 fully saturated rings. The minimum absolute atomic E-state index is 0.0716. The third-order valence-electron chi connectivity index (χ3n) is 3.14. The molecule has 0 radical (unpaired) electrons. The lowest BCUT2D eigenvalue weighted by Crippen LogP contribution is -2.42. The molecule has 0 aliphatic carbocycles. The normalized spacial score (nSPS) is 11.8. The molecule has 1 aromatic heterocycles. The van der Waals surface area contributed by atoms with Crippen LogP contribution in [0.25, 0.3) is 0 Å². The molecule has 1 rings (SSSR count). The van der Waals surface area contributed by atoms with Crippen LogP contribution < -0.4 is 10.6 Å². The number of carbonyl (C=O) groups excluding carboxylic acids is 3. The summed E-state index contributed by atoms with van der Waals surface area (Å²) in [6.07, 6.45) is 2.98. The Hall–Kier alpha value is -2.31. The second kappa shape index (κ2) is 8.86. The summed E-state index contributed by atoms with van der Waals surface area (Å²) >= 11 is 0. The van der Waals surface area contributed by atoms with Crippen molar-refractivity contribution in [3.63, 3.8) is 0 Å². The van der Waals surface area contributed by atoms with Gasteiger partial charge in [0, 0.05) is 6.04 Å². The Bertz CT molecular complexity index is 494. The fraction of sp³-hybridized carbons (Fsp3) is 0.533. The number of carbonyl (C=O) groups is 3. The van der Waals surface area contributed by atoms with Gasteiger partial charge in [-0.3, -0.25) is 9.59 Å². The lowest BCUT2D eigenvalue weighted by atomic mass is 10.2. The molecular weight excluding hydrogens is 288 g/mol. The van der Waals surface area contributed by atoms with Gasteiger partial charge in [-0.05, 0) is 31.9 Å². The van der Waals surface area contributed by atoms with E-state index in [9.17, 15) is 14.4 Å². The number of hydrogen-bond acceptors (Lipinski definition) is 5. The number of furan rings is 1. The third kappa shape index (κ3) is 5.59. The van der Waals surface area contributed by atoms with Crippen LogP contribution in [-0.4, -0.2) is 36.5 Å². The zero-order valence-corrected chi connectivity index (χ0v) is 13.0. The standard InChI is InChI=1S/C15H22N2O5/c1-4-11(5-2)17-13(18)9-22-15(20)10(3)16-14(19)12-7-6-8-21-12/h6-8,10-11H,4-5,9H2,1-3H3,(H,16,19)(H,17,18)/t10-/m0/s1. The molecule has 0 saturated heterocycles. The zero-order chi connectivity index (χ0) is 16.5. The molecule has 0 aliphatic rings. The van der Waals surface area contributed by atoms with E-state index in [1.54, 1.807) is 6.07 Å². The molecule has 122 valence electrons. The van der Waals surface area contributed by atoms with Gasteiger partial charge in [-0.1, -0.05) is 13.8 Å². The van der Waals surface area contributed by atoms with Gasteiger partial charge in [-0.15, -0.1) is 0 Å². The monoisotopic (exact) mass is 310 g/mol. The van der Waals surface area contributed by atoms with E-state index in [-0.39, 0.29) is 24.3 Å². The van der Waals surface area contributed by atoms with E-state index in [0.29, 0.717) is 0 Å². The molecule has 2 N–H and O–H groups in total. The number of esters is 1. The van der Waals surface area contributed by atoms with Crippen LogP contribution in [0.15, 0.2) is 22.8 Å². The topological polar surface area (TPSA) is 97.6 Å². The smallest absolute Gasteiger partial charge is 0.328 e. The summed E-state index contributed by atoms with van der Waals surface area (Å²) in [6.45, 7) is 5.04. The van der Waals surface area contributed by atoms with Gasteiger partial charge in [0.05, 0.1) is 6.26 Å². The SMILES string of the molecule is CCC(CC)NC(=O)COC(=O)[C@H](C)NC(=O)c1ccco1. The van der Waals surface area contributed by atoms with Gasteiger partial charge in [-0.25, -0.2) is 4.79 Å². The van der Waals surface area contributed by atoms with Gasteiger partial charge in [0.1, 0.15) is 6.04 Å². The minimum Gasteiger partial charge on any atom is -0.459 e. The summed E-state index contributed by atoms with van der Waals surface area (Å²) in [4.78, 5) is 35.0. The first-order valence-electron chi connectivity index (χ1n) is 7.28. The van der Waals surface area contributed by atoms with Crippen LogP contribution in [-0.2, 0) is 14.3 Å². The zero-order valence-electron chi connectivity index (χ0n) is 13.0. The first-order chi connectivity index (χ1) is 10.5. The van der Waals surface area contributed by atoms with E-state index in [1.807, 2.05) is 13.8 Å². The predicted octanol–water partition coefficient (Wildman–Crippen LogP) is 1.25. The van der Waals surface area contributed by atoms with Gasteiger partial charge < -0.3 is 19.8 Å². The summed E-state index contributed by atoms with van der Waals surface area (Å²) in [5, 5.41) is 5.19. The molecular formula is C15H22N2O5. The molecule has 7 nitrogen and oxygen atoms in total. The number of hydrogen-bond donors (Lipinski definition) is 2. The maximum absolute atomic E-state index is 11.7. The van der Waals surface area contributed by atoms with Crippen molar-refractivity contribution in [1.82, 2.24) is 10.6 Å². The van der Waals surface area contributed by atoms with Crippen molar-refractivity contribution in [1.29, 1.82) is 0 Å². The molecule has 1 aromatic rings. The maximum atomic E-state index is 11.7. The highest BCUT2D eigenvalue weighted by atomic mass is 16.5. The Kier molecular flexibility index (Phi) is 7.15. The summed E-state index contributed by atoms with van der Waals surface area (Å²) in [7, 11) is 0.